The molecule has 1 aliphatic carbocycles. The first kappa shape index (κ1) is 47.3. The van der Waals surface area contributed by atoms with Gasteiger partial charge >= 0.3 is 0 Å². The topological polar surface area (TPSA) is 129 Å². The van der Waals surface area contributed by atoms with Crippen molar-refractivity contribution in [2.75, 3.05) is 28.3 Å². The minimum absolute atomic E-state index is 0.0206. The van der Waals surface area contributed by atoms with Crippen molar-refractivity contribution in [3.63, 3.8) is 0 Å². The van der Waals surface area contributed by atoms with E-state index in [0.717, 1.165) is 19.3 Å². The third-order valence-corrected chi connectivity index (χ3v) is 12.6. The lowest BCUT2D eigenvalue weighted by Crippen LogP contribution is -2.59. The minimum atomic E-state index is -0.764. The molecule has 1 aromatic rings. The second-order valence-corrected chi connectivity index (χ2v) is 18.4. The molecule has 2 fully saturated rings. The maximum Gasteiger partial charge on any atom is 0.245 e. The monoisotopic (exact) mass is 788 g/mol. The summed E-state index contributed by atoms with van der Waals surface area (Å²) < 4.78 is 27.2. The number of hydrogen-bond acceptors (Lipinski definition) is 7. The maximum absolute atomic E-state index is 15.0. The van der Waals surface area contributed by atoms with Crippen LogP contribution in [0.25, 0.3) is 0 Å². The molecular weight excluding hydrogens is 714 g/mol. The molecule has 12 atom stereocenters. The fourth-order valence-electron chi connectivity index (χ4n) is 9.40. The fourth-order valence-corrected chi connectivity index (χ4v) is 9.40. The Morgan fingerprint density at radius 2 is 1.52 bits per heavy atom. The summed E-state index contributed by atoms with van der Waals surface area (Å²) in [5.41, 5.74) is 0.219. The van der Waals surface area contributed by atoms with Crippen molar-refractivity contribution in [1.82, 2.24) is 25.8 Å². The van der Waals surface area contributed by atoms with E-state index in [2.05, 4.69) is 22.9 Å². The number of nitrogens with one attached hydrogen (secondary N) is 3. The largest absolute Gasteiger partial charge is 0.379 e. The van der Waals surface area contributed by atoms with Gasteiger partial charge in [-0.1, -0.05) is 93.9 Å². The van der Waals surface area contributed by atoms with E-state index < -0.39 is 36.3 Å². The van der Waals surface area contributed by atoms with Gasteiger partial charge in [0.15, 0.2) is 0 Å². The Hall–Kier alpha value is -3.09. The van der Waals surface area contributed by atoms with E-state index in [1.165, 1.54) is 6.07 Å². The number of likely N-dealkylation sites (N-methyl/N-ethyl adjacent to an activating group) is 2. The lowest BCUT2D eigenvalue weighted by molar-refractivity contribution is -0.148. The van der Waals surface area contributed by atoms with Gasteiger partial charge in [0.2, 0.25) is 23.6 Å². The Morgan fingerprint density at radius 3 is 2.02 bits per heavy atom. The van der Waals surface area contributed by atoms with Crippen molar-refractivity contribution in [3.05, 3.63) is 35.6 Å². The summed E-state index contributed by atoms with van der Waals surface area (Å²) in [6.45, 7) is 21.7. The van der Waals surface area contributed by atoms with E-state index in [-0.39, 0.29) is 83.1 Å². The predicted molar refractivity (Wildman–Crippen MR) is 219 cm³/mol. The molecule has 0 bridgehead atoms. The van der Waals surface area contributed by atoms with Gasteiger partial charge in [-0.15, -0.1) is 0 Å². The number of hydrogen-bond donors (Lipinski definition) is 3. The number of halogens is 1. The van der Waals surface area contributed by atoms with Crippen LogP contribution in [-0.2, 0) is 28.7 Å². The average molecular weight is 788 g/mol. The van der Waals surface area contributed by atoms with Crippen LogP contribution in [0.5, 0.6) is 0 Å². The number of methoxy groups -OCH3 is 2. The Morgan fingerprint density at radius 1 is 0.911 bits per heavy atom. The highest BCUT2D eigenvalue weighted by Crippen LogP contribution is 2.50. The fraction of sp³-hybridized carbons (Fsp3) is 0.773. The van der Waals surface area contributed by atoms with E-state index in [4.69, 9.17) is 9.47 Å². The van der Waals surface area contributed by atoms with Crippen molar-refractivity contribution in [2.24, 2.45) is 35.0 Å². The van der Waals surface area contributed by atoms with Crippen LogP contribution in [0.4, 0.5) is 4.39 Å². The van der Waals surface area contributed by atoms with E-state index in [1.807, 2.05) is 80.2 Å². The van der Waals surface area contributed by atoms with Crippen LogP contribution in [0.15, 0.2) is 24.3 Å². The molecular formula is C44H74FN5O6. The zero-order valence-corrected chi connectivity index (χ0v) is 36.9. The van der Waals surface area contributed by atoms with Gasteiger partial charge in [-0.25, -0.2) is 4.39 Å². The third kappa shape index (κ3) is 10.9. The van der Waals surface area contributed by atoms with Crippen LogP contribution in [0.2, 0.25) is 0 Å². The molecule has 318 valence electrons. The number of nitrogens with zero attached hydrogens (tertiary/aromatic N) is 2. The normalized spacial score (nSPS) is 23.0. The van der Waals surface area contributed by atoms with Gasteiger partial charge in [-0.3, -0.25) is 19.2 Å². The zero-order chi connectivity index (χ0) is 42.4. The average Bonchev–Trinajstić information content (AvgIpc) is 3.78. The summed E-state index contributed by atoms with van der Waals surface area (Å²) >= 11 is 0. The van der Waals surface area contributed by atoms with Crippen molar-refractivity contribution in [1.29, 1.82) is 0 Å². The van der Waals surface area contributed by atoms with Crippen molar-refractivity contribution >= 4 is 23.6 Å². The van der Waals surface area contributed by atoms with Crippen LogP contribution < -0.4 is 16.0 Å². The van der Waals surface area contributed by atoms with Crippen LogP contribution >= 0.6 is 0 Å². The third-order valence-electron chi connectivity index (χ3n) is 12.6. The number of amides is 4. The summed E-state index contributed by atoms with van der Waals surface area (Å²) in [7, 11) is 6.64. The first-order valence-corrected chi connectivity index (χ1v) is 20.8. The highest BCUT2D eigenvalue weighted by atomic mass is 19.1. The summed E-state index contributed by atoms with van der Waals surface area (Å²) in [6.07, 6.45) is 1.22. The zero-order valence-electron chi connectivity index (χ0n) is 36.9. The summed E-state index contributed by atoms with van der Waals surface area (Å²) in [5.74, 6) is -1.79. The SMILES string of the molecule is CC[C@H](C)[C@@H]([C@@H](CC(=O)N1[C@H]2C[C@H]2C[C@H]1[C@H](OC)[C@@H](C)C(=O)NC(C)C(c1ccccc1F)C(C)(C)C)OC)N(C)C(=O)[C@@H](NC(=O)[C@@H](NC)C(C)C)C(C)C. The molecule has 1 saturated heterocycles. The molecule has 0 radical (unpaired) electrons. The van der Waals surface area contributed by atoms with Gasteiger partial charge in [0.1, 0.15) is 11.9 Å². The molecule has 0 aromatic heterocycles. The number of benzene rings is 1. The summed E-state index contributed by atoms with van der Waals surface area (Å²) in [4.78, 5) is 59.6. The van der Waals surface area contributed by atoms with Crippen LogP contribution in [0, 0.1) is 40.8 Å². The van der Waals surface area contributed by atoms with Crippen molar-refractivity contribution in [2.45, 2.75) is 156 Å². The summed E-state index contributed by atoms with van der Waals surface area (Å²) in [5, 5.41) is 9.24. The number of carbonyl (C=O) groups is 4. The smallest absolute Gasteiger partial charge is 0.245 e. The van der Waals surface area contributed by atoms with Gasteiger partial charge in [0, 0.05) is 39.3 Å². The van der Waals surface area contributed by atoms with Crippen LogP contribution in [-0.4, -0.2) is 110 Å². The van der Waals surface area contributed by atoms with Crippen LogP contribution in [0.1, 0.15) is 113 Å². The first-order chi connectivity index (χ1) is 26.2. The quantitative estimate of drug-likeness (QED) is 0.153. The Bertz CT molecular complexity index is 1480. The second-order valence-electron chi connectivity index (χ2n) is 18.4. The molecule has 12 heteroatoms. The molecule has 2 aliphatic rings. The predicted octanol–water partition coefficient (Wildman–Crippen LogP) is 5.76. The minimum Gasteiger partial charge on any atom is -0.379 e. The Labute approximate surface area is 336 Å². The van der Waals surface area contributed by atoms with Crippen LogP contribution in [0.3, 0.4) is 0 Å². The molecule has 1 saturated carbocycles. The molecule has 2 unspecified atom stereocenters. The summed E-state index contributed by atoms with van der Waals surface area (Å²) in [6, 6.07) is 4.42. The molecule has 0 spiro atoms. The standard InChI is InChI=1S/C44H74FN5O6/c1-16-26(6)39(49(13)43(54)38(25(4)5)48-42(53)37(46-12)24(2)3)34(55-14)23-35(51)50-32-21-29(32)22-33(50)40(56-15)27(7)41(52)47-28(8)36(44(9,10)11)30-19-17-18-20-31(30)45/h17-20,24-29,32-34,36-40,46H,16,21-23H2,1-15H3,(H,47,52)(H,48,53)/t26-,27+,28?,29-,32-,33-,34+,36?,37-,38-,39-,40+/m0/s1. The van der Waals surface area contributed by atoms with Gasteiger partial charge in [0.25, 0.3) is 0 Å². The number of fused-ring (bicyclic) bond motifs is 1. The van der Waals surface area contributed by atoms with Crippen molar-refractivity contribution in [3.8, 4) is 0 Å². The van der Waals surface area contributed by atoms with Gasteiger partial charge < -0.3 is 35.2 Å². The van der Waals surface area contributed by atoms with Crippen molar-refractivity contribution < 1.29 is 33.0 Å². The molecule has 4 amide bonds. The lowest BCUT2D eigenvalue weighted by atomic mass is 9.72. The van der Waals surface area contributed by atoms with Gasteiger partial charge in [-0.2, -0.15) is 0 Å². The first-order valence-electron chi connectivity index (χ1n) is 20.8. The number of rotatable bonds is 20. The number of ether oxygens (including phenoxy) is 2. The molecule has 1 aromatic carbocycles. The van der Waals surface area contributed by atoms with E-state index in [9.17, 15) is 19.2 Å². The molecule has 1 aliphatic heterocycles. The number of likely N-dealkylation sites (tertiary alicyclic amines) is 1. The molecule has 11 nitrogen and oxygen atoms in total. The van der Waals surface area contributed by atoms with Gasteiger partial charge in [0.05, 0.1) is 42.7 Å². The van der Waals surface area contributed by atoms with E-state index in [0.29, 0.717) is 11.5 Å². The molecule has 3 N–H and O–H groups in total. The number of carbonyl (C=O) groups excluding carboxylic acids is 4. The molecule has 1 heterocycles. The Balaban J connectivity index is 1.83. The van der Waals surface area contributed by atoms with Gasteiger partial charge in [-0.05, 0) is 67.5 Å². The molecule has 3 rings (SSSR count). The Kier molecular flexibility index (Phi) is 16.9. The van der Waals surface area contributed by atoms with E-state index in [1.54, 1.807) is 45.3 Å². The second kappa shape index (κ2) is 20.1. The highest BCUT2D eigenvalue weighted by molar-refractivity contribution is 5.90. The highest BCUT2D eigenvalue weighted by Gasteiger charge is 2.57. The maximum atomic E-state index is 15.0. The molecule has 56 heavy (non-hydrogen) atoms. The lowest BCUT2D eigenvalue weighted by Gasteiger charge is -2.41. The number of piperidine rings is 1. The van der Waals surface area contributed by atoms with E-state index >= 15 is 4.39 Å².